The van der Waals surface area contributed by atoms with Crippen molar-refractivity contribution in [1.82, 2.24) is 15.1 Å². The summed E-state index contributed by atoms with van der Waals surface area (Å²) in [6.07, 6.45) is -2.34. The van der Waals surface area contributed by atoms with Crippen molar-refractivity contribution in [2.45, 2.75) is 31.8 Å². The maximum atomic E-state index is 12.1. The molecule has 9 heteroatoms. The van der Waals surface area contributed by atoms with E-state index < -0.39 is 6.36 Å². The van der Waals surface area contributed by atoms with E-state index in [-0.39, 0.29) is 5.75 Å². The molecule has 152 valence electrons. The van der Waals surface area contributed by atoms with Crippen molar-refractivity contribution in [3.8, 4) is 5.75 Å². The second-order valence-electron chi connectivity index (χ2n) is 6.86. The van der Waals surface area contributed by atoms with Crippen molar-refractivity contribution < 1.29 is 17.9 Å². The molecule has 0 radical (unpaired) electrons. The van der Waals surface area contributed by atoms with E-state index in [0.717, 1.165) is 25.2 Å². The number of hydrogen-bond acceptors (Lipinski definition) is 4. The van der Waals surface area contributed by atoms with Crippen LogP contribution < -0.4 is 15.8 Å². The molecule has 0 saturated carbocycles. The zero-order chi connectivity index (χ0) is 19.9. The van der Waals surface area contributed by atoms with Crippen molar-refractivity contribution >= 4 is 5.96 Å². The Morgan fingerprint density at radius 1 is 1.26 bits per heavy atom. The van der Waals surface area contributed by atoms with Gasteiger partial charge in [0.25, 0.3) is 0 Å². The molecule has 0 unspecified atom stereocenters. The first kappa shape index (κ1) is 21.3. The third-order valence-corrected chi connectivity index (χ3v) is 4.61. The first-order valence-corrected chi connectivity index (χ1v) is 9.00. The number of hydrogen-bond donors (Lipinski definition) is 2. The number of likely N-dealkylation sites (tertiary alicyclic amines) is 1. The van der Waals surface area contributed by atoms with Gasteiger partial charge in [0.1, 0.15) is 5.75 Å². The summed E-state index contributed by atoms with van der Waals surface area (Å²) in [5.41, 5.74) is 6.60. The molecule has 0 spiro atoms. The van der Waals surface area contributed by atoms with Gasteiger partial charge in [-0.25, -0.2) is 4.99 Å². The van der Waals surface area contributed by atoms with Gasteiger partial charge in [0, 0.05) is 19.1 Å². The molecule has 3 N–H and O–H groups in total. The summed E-state index contributed by atoms with van der Waals surface area (Å²) in [5, 5.41) is 3.08. The first-order valence-electron chi connectivity index (χ1n) is 9.00. The Bertz CT molecular complexity index is 596. The first-order chi connectivity index (χ1) is 12.7. The predicted octanol–water partition coefficient (Wildman–Crippen LogP) is 2.02. The standard InChI is InChI=1S/C18H28F3N5O/c1-25(2)15-7-10-26(11-8-15)12-9-23-17(22)24-13-14-3-5-16(6-4-14)27-18(19,20)21/h3-6,15H,7-13H2,1-2H3,(H3,22,23,24). The number of halogens is 3. The van der Waals surface area contributed by atoms with Crippen LogP contribution in [0.3, 0.4) is 0 Å². The van der Waals surface area contributed by atoms with Crippen LogP contribution in [0, 0.1) is 0 Å². The predicted molar refractivity (Wildman–Crippen MR) is 99.6 cm³/mol. The van der Waals surface area contributed by atoms with Gasteiger partial charge < -0.3 is 25.6 Å². The van der Waals surface area contributed by atoms with Gasteiger partial charge in [0.2, 0.25) is 0 Å². The molecule has 2 rings (SSSR count). The summed E-state index contributed by atoms with van der Waals surface area (Å²) >= 11 is 0. The van der Waals surface area contributed by atoms with Crippen molar-refractivity contribution in [1.29, 1.82) is 0 Å². The molecule has 0 atom stereocenters. The lowest BCUT2D eigenvalue weighted by molar-refractivity contribution is -0.274. The molecule has 1 aliphatic heterocycles. The van der Waals surface area contributed by atoms with Crippen LogP contribution in [0.25, 0.3) is 0 Å². The topological polar surface area (TPSA) is 66.1 Å². The minimum absolute atomic E-state index is 0.251. The number of piperidine rings is 1. The highest BCUT2D eigenvalue weighted by Crippen LogP contribution is 2.22. The Balaban J connectivity index is 1.67. The van der Waals surface area contributed by atoms with E-state index in [4.69, 9.17) is 5.73 Å². The Morgan fingerprint density at radius 3 is 2.44 bits per heavy atom. The van der Waals surface area contributed by atoms with E-state index in [1.165, 1.54) is 37.1 Å². The highest BCUT2D eigenvalue weighted by molar-refractivity contribution is 5.77. The smallest absolute Gasteiger partial charge is 0.406 e. The van der Waals surface area contributed by atoms with Crippen molar-refractivity contribution in [2.75, 3.05) is 40.3 Å². The Labute approximate surface area is 158 Å². The fourth-order valence-electron chi connectivity index (χ4n) is 3.03. The van der Waals surface area contributed by atoms with Crippen LogP contribution in [0.4, 0.5) is 13.2 Å². The number of rotatable bonds is 7. The van der Waals surface area contributed by atoms with Crippen LogP contribution in [0.15, 0.2) is 29.3 Å². The summed E-state index contributed by atoms with van der Waals surface area (Å²) < 4.78 is 40.2. The quantitative estimate of drug-likeness (QED) is 0.554. The zero-order valence-corrected chi connectivity index (χ0v) is 15.8. The van der Waals surface area contributed by atoms with E-state index in [2.05, 4.69) is 38.9 Å². The lowest BCUT2D eigenvalue weighted by Gasteiger charge is -2.35. The van der Waals surface area contributed by atoms with Gasteiger partial charge in [-0.3, -0.25) is 0 Å². The lowest BCUT2D eigenvalue weighted by atomic mass is 10.0. The molecule has 0 bridgehead atoms. The normalized spacial score (nSPS) is 17.3. The van der Waals surface area contributed by atoms with Crippen LogP contribution in [0.5, 0.6) is 5.75 Å². The van der Waals surface area contributed by atoms with Crippen LogP contribution >= 0.6 is 0 Å². The number of alkyl halides is 3. The van der Waals surface area contributed by atoms with E-state index in [0.29, 0.717) is 25.1 Å². The van der Waals surface area contributed by atoms with Gasteiger partial charge in [0.05, 0.1) is 6.54 Å². The molecule has 27 heavy (non-hydrogen) atoms. The van der Waals surface area contributed by atoms with Gasteiger partial charge in [0.15, 0.2) is 5.96 Å². The largest absolute Gasteiger partial charge is 0.573 e. The molecule has 0 aliphatic carbocycles. The third kappa shape index (κ3) is 8.04. The maximum Gasteiger partial charge on any atom is 0.573 e. The number of benzene rings is 1. The summed E-state index contributed by atoms with van der Waals surface area (Å²) in [6, 6.07) is 6.26. The number of aliphatic imine (C=N–C) groups is 1. The SMILES string of the molecule is CN(C)C1CCN(CCNC(N)=NCc2ccc(OC(F)(F)F)cc2)CC1. The number of nitrogens with two attached hydrogens (primary N) is 1. The van der Waals surface area contributed by atoms with Crippen molar-refractivity contribution in [2.24, 2.45) is 10.7 Å². The molecule has 0 amide bonds. The van der Waals surface area contributed by atoms with Crippen LogP contribution in [0.2, 0.25) is 0 Å². The second-order valence-corrected chi connectivity index (χ2v) is 6.86. The summed E-state index contributed by atoms with van der Waals surface area (Å²) in [4.78, 5) is 8.89. The summed E-state index contributed by atoms with van der Waals surface area (Å²) in [5.74, 6) is 0.0770. The Hall–Kier alpha value is -2.00. The molecule has 1 saturated heterocycles. The fourth-order valence-corrected chi connectivity index (χ4v) is 3.03. The highest BCUT2D eigenvalue weighted by Gasteiger charge is 2.30. The molecule has 1 aromatic carbocycles. The van der Waals surface area contributed by atoms with Gasteiger partial charge in [-0.15, -0.1) is 13.2 Å². The molecule has 6 nitrogen and oxygen atoms in total. The van der Waals surface area contributed by atoms with Crippen molar-refractivity contribution in [3.63, 3.8) is 0 Å². The lowest BCUT2D eigenvalue weighted by Crippen LogP contribution is -2.45. The van der Waals surface area contributed by atoms with E-state index in [1.54, 1.807) is 0 Å². The van der Waals surface area contributed by atoms with Gasteiger partial charge in [-0.05, 0) is 57.7 Å². The minimum Gasteiger partial charge on any atom is -0.406 e. The third-order valence-electron chi connectivity index (χ3n) is 4.61. The van der Waals surface area contributed by atoms with Crippen LogP contribution in [0.1, 0.15) is 18.4 Å². The molecule has 1 aliphatic rings. The average Bonchev–Trinajstić information content (AvgIpc) is 2.60. The number of nitrogens with zero attached hydrogens (tertiary/aromatic N) is 3. The monoisotopic (exact) mass is 387 g/mol. The molecule has 1 heterocycles. The van der Waals surface area contributed by atoms with Crippen LogP contribution in [-0.2, 0) is 6.54 Å². The van der Waals surface area contributed by atoms with E-state index in [9.17, 15) is 13.2 Å². The summed E-state index contributed by atoms with van der Waals surface area (Å²) in [7, 11) is 4.24. The van der Waals surface area contributed by atoms with Crippen LogP contribution in [-0.4, -0.2) is 68.4 Å². The van der Waals surface area contributed by atoms with Gasteiger partial charge in [-0.1, -0.05) is 12.1 Å². The van der Waals surface area contributed by atoms with Gasteiger partial charge >= 0.3 is 6.36 Å². The number of guanidine groups is 1. The molecule has 1 aromatic rings. The zero-order valence-electron chi connectivity index (χ0n) is 15.8. The van der Waals surface area contributed by atoms with E-state index >= 15 is 0 Å². The van der Waals surface area contributed by atoms with E-state index in [1.807, 2.05) is 0 Å². The summed E-state index contributed by atoms with van der Waals surface area (Å²) in [6.45, 7) is 4.06. The second kappa shape index (κ2) is 9.80. The van der Waals surface area contributed by atoms with Gasteiger partial charge in [-0.2, -0.15) is 0 Å². The molecule has 1 fully saturated rings. The Kier molecular flexibility index (Phi) is 7.73. The number of nitrogens with one attached hydrogen (secondary N) is 1. The number of ether oxygens (including phenoxy) is 1. The Morgan fingerprint density at radius 2 is 1.89 bits per heavy atom. The fraction of sp³-hybridized carbons (Fsp3) is 0.611. The molecular weight excluding hydrogens is 359 g/mol. The highest BCUT2D eigenvalue weighted by atomic mass is 19.4. The minimum atomic E-state index is -4.68. The average molecular weight is 387 g/mol. The molecule has 0 aromatic heterocycles. The maximum absolute atomic E-state index is 12.1. The molecular formula is C18H28F3N5O. The van der Waals surface area contributed by atoms with Crippen molar-refractivity contribution in [3.05, 3.63) is 29.8 Å².